The van der Waals surface area contributed by atoms with Crippen molar-refractivity contribution in [3.05, 3.63) is 33.1 Å². The highest BCUT2D eigenvalue weighted by Gasteiger charge is 2.04. The van der Waals surface area contributed by atoms with E-state index in [1.807, 2.05) is 6.92 Å². The Morgan fingerprint density at radius 2 is 2.06 bits per heavy atom. The van der Waals surface area contributed by atoms with Crippen LogP contribution in [0.5, 0.6) is 0 Å². The minimum Gasteiger partial charge on any atom is -0.393 e. The number of rotatable bonds is 7. The van der Waals surface area contributed by atoms with Crippen molar-refractivity contribution in [2.24, 2.45) is 5.73 Å². The Hall–Kier alpha value is -1.43. The van der Waals surface area contributed by atoms with Gasteiger partial charge in [-0.05, 0) is 25.7 Å². The van der Waals surface area contributed by atoms with Crippen LogP contribution in [-0.4, -0.2) is 14.1 Å². The molecule has 0 atom stereocenters. The van der Waals surface area contributed by atoms with Gasteiger partial charge in [0.15, 0.2) is 0 Å². The molecule has 0 aliphatic rings. The van der Waals surface area contributed by atoms with Gasteiger partial charge >= 0.3 is 5.69 Å². The zero-order valence-electron chi connectivity index (χ0n) is 10.6. The van der Waals surface area contributed by atoms with Crippen LogP contribution in [0, 0.1) is 0 Å². The van der Waals surface area contributed by atoms with Gasteiger partial charge in [0.1, 0.15) is 0 Å². The normalized spacial score (nSPS) is 10.5. The first-order chi connectivity index (χ1) is 8.56. The molecular weight excluding hydrogens is 250 g/mol. The topological polar surface area (TPSA) is 70.0 Å². The molecular formula is C12H19N3O2S. The molecule has 18 heavy (non-hydrogen) atoms. The van der Waals surface area contributed by atoms with Crippen LogP contribution < -0.4 is 17.0 Å². The number of aryl methyl sites for hydroxylation is 1. The lowest BCUT2D eigenvalue weighted by atomic mass is 10.2. The van der Waals surface area contributed by atoms with Gasteiger partial charge in [0, 0.05) is 25.4 Å². The Bertz CT molecular complexity index is 519. The Morgan fingerprint density at radius 1 is 1.33 bits per heavy atom. The first kappa shape index (κ1) is 14.6. The minimum atomic E-state index is -0.248. The lowest BCUT2D eigenvalue weighted by Crippen LogP contribution is -2.39. The fourth-order valence-corrected chi connectivity index (χ4v) is 1.89. The van der Waals surface area contributed by atoms with Crippen LogP contribution in [0.2, 0.25) is 0 Å². The van der Waals surface area contributed by atoms with Gasteiger partial charge in [0.25, 0.3) is 5.56 Å². The first-order valence-electron chi connectivity index (χ1n) is 6.15. The van der Waals surface area contributed by atoms with E-state index in [9.17, 15) is 9.59 Å². The third kappa shape index (κ3) is 4.10. The van der Waals surface area contributed by atoms with Gasteiger partial charge in [-0.3, -0.25) is 9.36 Å². The van der Waals surface area contributed by atoms with Crippen LogP contribution >= 0.6 is 12.2 Å². The van der Waals surface area contributed by atoms with Crippen molar-refractivity contribution in [2.75, 3.05) is 0 Å². The number of hydrogen-bond donors (Lipinski definition) is 1. The number of nitrogens with two attached hydrogens (primary N) is 1. The highest BCUT2D eigenvalue weighted by atomic mass is 32.1. The second-order valence-electron chi connectivity index (χ2n) is 4.21. The third-order valence-electron chi connectivity index (χ3n) is 2.66. The van der Waals surface area contributed by atoms with Gasteiger partial charge in [-0.2, -0.15) is 0 Å². The van der Waals surface area contributed by atoms with E-state index < -0.39 is 0 Å². The standard InChI is InChI=1S/C12H19N3O2S/c1-2-7-14-9-6-11(16)15(12(14)17)8-4-3-5-10(13)18/h6,9H,2-5,7-8H2,1H3,(H2,13,18). The quantitative estimate of drug-likeness (QED) is 0.589. The van der Waals surface area contributed by atoms with Crippen molar-refractivity contribution in [3.8, 4) is 0 Å². The average Bonchev–Trinajstić information content (AvgIpc) is 2.31. The SMILES string of the molecule is CCCn1ccc(=O)n(CCCCC(N)=S)c1=O. The highest BCUT2D eigenvalue weighted by molar-refractivity contribution is 7.80. The molecule has 0 radical (unpaired) electrons. The molecule has 0 spiro atoms. The summed E-state index contributed by atoms with van der Waals surface area (Å²) in [6.07, 6.45) is 4.59. The predicted molar refractivity (Wildman–Crippen MR) is 75.9 cm³/mol. The summed E-state index contributed by atoms with van der Waals surface area (Å²) in [5.41, 5.74) is 4.91. The second-order valence-corrected chi connectivity index (χ2v) is 4.73. The molecule has 1 aromatic heterocycles. The maximum Gasteiger partial charge on any atom is 0.330 e. The van der Waals surface area contributed by atoms with Crippen LogP contribution in [0.15, 0.2) is 21.9 Å². The number of aromatic nitrogens is 2. The molecule has 1 heterocycles. The first-order valence-corrected chi connectivity index (χ1v) is 6.55. The molecule has 6 heteroatoms. The van der Waals surface area contributed by atoms with Gasteiger partial charge in [0.05, 0.1) is 4.99 Å². The molecule has 1 rings (SSSR count). The average molecular weight is 269 g/mol. The molecule has 100 valence electrons. The second kappa shape index (κ2) is 7.10. The minimum absolute atomic E-state index is 0.236. The van der Waals surface area contributed by atoms with Gasteiger partial charge in [-0.25, -0.2) is 4.79 Å². The molecule has 0 fully saturated rings. The van der Waals surface area contributed by atoms with Gasteiger partial charge in [-0.1, -0.05) is 19.1 Å². The Balaban J connectivity index is 2.75. The molecule has 0 unspecified atom stereocenters. The molecule has 0 aliphatic heterocycles. The van der Waals surface area contributed by atoms with E-state index in [-0.39, 0.29) is 11.2 Å². The maximum absolute atomic E-state index is 12.0. The number of thiocarbonyl (C=S) groups is 1. The Labute approximate surface area is 111 Å². The van der Waals surface area contributed by atoms with E-state index in [1.165, 1.54) is 10.6 Å². The summed E-state index contributed by atoms with van der Waals surface area (Å²) in [5.74, 6) is 0. The predicted octanol–water partition coefficient (Wildman–Crippen LogP) is 0.876. The molecule has 0 aliphatic carbocycles. The third-order valence-corrected chi connectivity index (χ3v) is 2.86. The molecule has 1 aromatic rings. The van der Waals surface area contributed by atoms with Gasteiger partial charge < -0.3 is 10.3 Å². The van der Waals surface area contributed by atoms with E-state index in [1.54, 1.807) is 10.8 Å². The Kier molecular flexibility index (Phi) is 5.77. The van der Waals surface area contributed by atoms with Crippen molar-refractivity contribution in [1.29, 1.82) is 0 Å². The molecule has 5 nitrogen and oxygen atoms in total. The molecule has 0 amide bonds. The van der Waals surface area contributed by atoms with Crippen molar-refractivity contribution in [1.82, 2.24) is 9.13 Å². The summed E-state index contributed by atoms with van der Waals surface area (Å²) in [4.78, 5) is 24.1. The lowest BCUT2D eigenvalue weighted by molar-refractivity contribution is 0.523. The smallest absolute Gasteiger partial charge is 0.330 e. The molecule has 0 saturated heterocycles. The van der Waals surface area contributed by atoms with E-state index in [4.69, 9.17) is 18.0 Å². The van der Waals surface area contributed by atoms with Crippen LogP contribution in [0.25, 0.3) is 0 Å². The van der Waals surface area contributed by atoms with E-state index in [0.717, 1.165) is 19.3 Å². The number of unbranched alkanes of at least 4 members (excludes halogenated alkanes) is 1. The van der Waals surface area contributed by atoms with Crippen molar-refractivity contribution in [2.45, 2.75) is 45.7 Å². The van der Waals surface area contributed by atoms with E-state index in [0.29, 0.717) is 24.5 Å². The van der Waals surface area contributed by atoms with Gasteiger partial charge in [0.2, 0.25) is 0 Å². The van der Waals surface area contributed by atoms with Crippen LogP contribution in [0.3, 0.4) is 0 Å². The molecule has 0 aromatic carbocycles. The van der Waals surface area contributed by atoms with Crippen molar-refractivity contribution < 1.29 is 0 Å². The number of nitrogens with zero attached hydrogens (tertiary/aromatic N) is 2. The summed E-state index contributed by atoms with van der Waals surface area (Å²) >= 11 is 4.78. The summed E-state index contributed by atoms with van der Waals surface area (Å²) in [6, 6.07) is 1.44. The largest absolute Gasteiger partial charge is 0.393 e. The van der Waals surface area contributed by atoms with Crippen molar-refractivity contribution in [3.63, 3.8) is 0 Å². The molecule has 0 saturated carbocycles. The van der Waals surface area contributed by atoms with E-state index >= 15 is 0 Å². The van der Waals surface area contributed by atoms with Crippen molar-refractivity contribution >= 4 is 17.2 Å². The summed E-state index contributed by atoms with van der Waals surface area (Å²) in [6.45, 7) is 3.04. The van der Waals surface area contributed by atoms with Gasteiger partial charge in [-0.15, -0.1) is 0 Å². The van der Waals surface area contributed by atoms with Crippen LogP contribution in [-0.2, 0) is 13.1 Å². The molecule has 2 N–H and O–H groups in total. The summed E-state index contributed by atoms with van der Waals surface area (Å²) in [5, 5.41) is 0. The highest BCUT2D eigenvalue weighted by Crippen LogP contribution is 1.96. The zero-order valence-corrected chi connectivity index (χ0v) is 11.4. The fourth-order valence-electron chi connectivity index (χ4n) is 1.74. The summed E-state index contributed by atoms with van der Waals surface area (Å²) < 4.78 is 2.84. The lowest BCUT2D eigenvalue weighted by Gasteiger charge is -2.08. The maximum atomic E-state index is 12.0. The van der Waals surface area contributed by atoms with E-state index in [2.05, 4.69) is 0 Å². The van der Waals surface area contributed by atoms with Crippen LogP contribution in [0.4, 0.5) is 0 Å². The zero-order chi connectivity index (χ0) is 13.5. The monoisotopic (exact) mass is 269 g/mol. The fraction of sp³-hybridized carbons (Fsp3) is 0.583. The van der Waals surface area contributed by atoms with Crippen LogP contribution in [0.1, 0.15) is 32.6 Å². The number of hydrogen-bond acceptors (Lipinski definition) is 3. The molecule has 0 bridgehead atoms. The Morgan fingerprint density at radius 3 is 2.67 bits per heavy atom. The summed E-state index contributed by atoms with van der Waals surface area (Å²) in [7, 11) is 0.